The molecule has 0 atom stereocenters. The molecule has 0 unspecified atom stereocenters. The highest BCUT2D eigenvalue weighted by Crippen LogP contribution is 2.49. The van der Waals surface area contributed by atoms with Crippen LogP contribution in [0.3, 0.4) is 0 Å². The Kier molecular flexibility index (Phi) is 5.42. The minimum atomic E-state index is -0.662. The molecule has 1 saturated carbocycles. The van der Waals surface area contributed by atoms with Gasteiger partial charge in [-0.2, -0.15) is 0 Å². The van der Waals surface area contributed by atoms with E-state index in [0.717, 1.165) is 11.8 Å². The quantitative estimate of drug-likeness (QED) is 0.633. The number of Topliss-reactive ketones (excluding diaryl/α,β-unsaturated/α-hetero) is 1. The molecule has 23 heavy (non-hydrogen) atoms. The van der Waals surface area contributed by atoms with E-state index >= 15 is 0 Å². The predicted octanol–water partition coefficient (Wildman–Crippen LogP) is 2.85. The first-order chi connectivity index (χ1) is 11.2. The predicted molar refractivity (Wildman–Crippen MR) is 86.5 cm³/mol. The maximum absolute atomic E-state index is 11.8. The van der Waals surface area contributed by atoms with E-state index in [0.29, 0.717) is 56.1 Å². The lowest BCUT2D eigenvalue weighted by molar-refractivity contribution is -0.123. The van der Waals surface area contributed by atoms with Gasteiger partial charge in [-0.25, -0.2) is 0 Å². The normalized spacial score (nSPS) is 18.4. The average molecular weight is 318 g/mol. The van der Waals surface area contributed by atoms with Crippen molar-refractivity contribution in [2.75, 3.05) is 20.3 Å². The molecular formula is C18H22O5. The fourth-order valence-electron chi connectivity index (χ4n) is 3.09. The summed E-state index contributed by atoms with van der Waals surface area (Å²) in [4.78, 5) is 23.3. The Morgan fingerprint density at radius 3 is 2.30 bits per heavy atom. The first-order valence-electron chi connectivity index (χ1n) is 7.65. The summed E-state index contributed by atoms with van der Waals surface area (Å²) >= 11 is 0. The number of carbonyl (C=O) groups excluding carboxylic acids is 2. The van der Waals surface area contributed by atoms with Crippen molar-refractivity contribution in [1.82, 2.24) is 0 Å². The molecule has 1 aliphatic carbocycles. The van der Waals surface area contributed by atoms with Crippen LogP contribution in [-0.4, -0.2) is 32.4 Å². The third kappa shape index (κ3) is 3.09. The third-order valence-electron chi connectivity index (χ3n) is 4.33. The number of carbonyl (C=O) groups is 2. The van der Waals surface area contributed by atoms with Gasteiger partial charge in [0.05, 0.1) is 12.5 Å². The highest BCUT2D eigenvalue weighted by Gasteiger charge is 2.40. The average Bonchev–Trinajstić information content (AvgIpc) is 2.63. The van der Waals surface area contributed by atoms with Crippen LogP contribution >= 0.6 is 0 Å². The highest BCUT2D eigenvalue weighted by atomic mass is 16.6. The van der Waals surface area contributed by atoms with Crippen molar-refractivity contribution in [3.8, 4) is 17.2 Å². The Labute approximate surface area is 136 Å². The summed E-state index contributed by atoms with van der Waals surface area (Å²) < 4.78 is 16.7. The summed E-state index contributed by atoms with van der Waals surface area (Å²) in [6, 6.07) is 3.65. The van der Waals surface area contributed by atoms with Crippen LogP contribution in [0, 0.1) is 0 Å². The monoisotopic (exact) mass is 318 g/mol. The molecule has 1 heterocycles. The van der Waals surface area contributed by atoms with E-state index in [4.69, 9.17) is 14.2 Å². The Morgan fingerprint density at radius 2 is 1.74 bits per heavy atom. The molecule has 5 heteroatoms. The van der Waals surface area contributed by atoms with E-state index in [9.17, 15) is 9.59 Å². The first-order valence-corrected chi connectivity index (χ1v) is 7.65. The van der Waals surface area contributed by atoms with Crippen LogP contribution < -0.4 is 14.2 Å². The van der Waals surface area contributed by atoms with Crippen molar-refractivity contribution in [3.05, 3.63) is 30.9 Å². The van der Waals surface area contributed by atoms with Crippen LogP contribution in [0.4, 0.5) is 0 Å². The second-order valence-corrected chi connectivity index (χ2v) is 5.48. The molecule has 1 fully saturated rings. The molecule has 0 saturated heterocycles. The van der Waals surface area contributed by atoms with Gasteiger partial charge in [0.1, 0.15) is 25.3 Å². The lowest BCUT2D eigenvalue weighted by atomic mass is 9.69. The van der Waals surface area contributed by atoms with Crippen molar-refractivity contribution in [2.24, 2.45) is 0 Å². The van der Waals surface area contributed by atoms with Gasteiger partial charge < -0.3 is 19.0 Å². The number of fused-ring (bicyclic) bond motifs is 1. The molecule has 0 bridgehead atoms. The van der Waals surface area contributed by atoms with Crippen LogP contribution in [0.2, 0.25) is 0 Å². The van der Waals surface area contributed by atoms with Gasteiger partial charge in [-0.15, -0.1) is 13.2 Å². The lowest BCUT2D eigenvalue weighted by Crippen LogP contribution is -2.34. The zero-order valence-electron chi connectivity index (χ0n) is 13.4. The number of benzene rings is 1. The van der Waals surface area contributed by atoms with Crippen molar-refractivity contribution in [2.45, 2.75) is 31.1 Å². The van der Waals surface area contributed by atoms with E-state index in [2.05, 4.69) is 13.2 Å². The Hall–Kier alpha value is -2.30. The van der Waals surface area contributed by atoms with Crippen LogP contribution in [0.1, 0.15) is 31.2 Å². The van der Waals surface area contributed by atoms with Gasteiger partial charge in [0.2, 0.25) is 5.75 Å². The zero-order valence-corrected chi connectivity index (χ0v) is 13.4. The number of ether oxygens (including phenoxy) is 3. The number of methoxy groups -OCH3 is 1. The summed E-state index contributed by atoms with van der Waals surface area (Å²) in [7, 11) is 1.57. The molecule has 1 aliphatic heterocycles. The molecule has 2 aliphatic rings. The van der Waals surface area contributed by atoms with Crippen molar-refractivity contribution >= 4 is 12.1 Å². The molecule has 0 radical (unpaired) electrons. The maximum Gasteiger partial charge on any atom is 0.204 e. The van der Waals surface area contributed by atoms with Crippen LogP contribution in [0.5, 0.6) is 17.2 Å². The van der Waals surface area contributed by atoms with E-state index in [-0.39, 0.29) is 5.78 Å². The number of aldehydes is 1. The molecule has 124 valence electrons. The fraction of sp³-hybridized carbons (Fsp3) is 0.444. The summed E-state index contributed by atoms with van der Waals surface area (Å²) in [6.45, 7) is 6.90. The Bertz CT molecular complexity index is 583. The standard InChI is InChI=1S/C16H18O5.C2H4/c1-19-13-3-2-12(14-15(13)21-9-8-20-14)16(10-17)6-4-11(18)5-7-16;1-2/h2-3,10H,4-9H2,1H3;1-2H2. The largest absolute Gasteiger partial charge is 0.493 e. The second-order valence-electron chi connectivity index (χ2n) is 5.48. The van der Waals surface area contributed by atoms with Gasteiger partial charge >= 0.3 is 0 Å². The Balaban J connectivity index is 0.000000924. The van der Waals surface area contributed by atoms with Gasteiger partial charge in [0, 0.05) is 18.4 Å². The molecule has 0 amide bonds. The first kappa shape index (κ1) is 17.1. The van der Waals surface area contributed by atoms with Gasteiger partial charge in [-0.05, 0) is 18.9 Å². The van der Waals surface area contributed by atoms with Crippen molar-refractivity contribution in [3.63, 3.8) is 0 Å². The van der Waals surface area contributed by atoms with Gasteiger partial charge in [0.25, 0.3) is 0 Å². The molecule has 1 aromatic rings. The second kappa shape index (κ2) is 7.31. The summed E-state index contributed by atoms with van der Waals surface area (Å²) in [6.07, 6.45) is 2.87. The minimum Gasteiger partial charge on any atom is -0.493 e. The lowest BCUT2D eigenvalue weighted by Gasteiger charge is -2.35. The van der Waals surface area contributed by atoms with E-state index in [1.807, 2.05) is 6.07 Å². The summed E-state index contributed by atoms with van der Waals surface area (Å²) in [5.41, 5.74) is 0.144. The van der Waals surface area contributed by atoms with Crippen molar-refractivity contribution < 1.29 is 23.8 Å². The van der Waals surface area contributed by atoms with E-state index in [1.165, 1.54) is 0 Å². The topological polar surface area (TPSA) is 61.8 Å². The number of hydrogen-bond acceptors (Lipinski definition) is 5. The number of ketones is 1. The van der Waals surface area contributed by atoms with Gasteiger partial charge in [-0.3, -0.25) is 4.79 Å². The molecular weight excluding hydrogens is 296 g/mol. The molecule has 1 aromatic carbocycles. The molecule has 3 rings (SSSR count). The van der Waals surface area contributed by atoms with Crippen LogP contribution in [-0.2, 0) is 15.0 Å². The summed E-state index contributed by atoms with van der Waals surface area (Å²) in [5, 5.41) is 0. The zero-order chi connectivity index (χ0) is 16.9. The molecule has 0 spiro atoms. The van der Waals surface area contributed by atoms with Crippen LogP contribution in [0.15, 0.2) is 25.3 Å². The smallest absolute Gasteiger partial charge is 0.204 e. The number of rotatable bonds is 3. The summed E-state index contributed by atoms with van der Waals surface area (Å²) in [5.74, 6) is 1.95. The van der Waals surface area contributed by atoms with Crippen LogP contribution in [0.25, 0.3) is 0 Å². The van der Waals surface area contributed by atoms with Crippen molar-refractivity contribution in [1.29, 1.82) is 0 Å². The number of hydrogen-bond donors (Lipinski definition) is 0. The minimum absolute atomic E-state index is 0.215. The molecule has 0 N–H and O–H groups in total. The van der Waals surface area contributed by atoms with E-state index < -0.39 is 5.41 Å². The maximum atomic E-state index is 11.8. The highest BCUT2D eigenvalue weighted by molar-refractivity contribution is 5.84. The van der Waals surface area contributed by atoms with Gasteiger partial charge in [0.15, 0.2) is 11.5 Å². The van der Waals surface area contributed by atoms with Gasteiger partial charge in [-0.1, -0.05) is 6.07 Å². The SMILES string of the molecule is C=C.COc1ccc(C2(C=O)CCC(=O)CC2)c2c1OCCO2. The third-order valence-corrected chi connectivity index (χ3v) is 4.33. The van der Waals surface area contributed by atoms with E-state index in [1.54, 1.807) is 13.2 Å². The molecule has 0 aromatic heterocycles. The Morgan fingerprint density at radius 1 is 1.13 bits per heavy atom. The molecule has 5 nitrogen and oxygen atoms in total. The fourth-order valence-corrected chi connectivity index (χ4v) is 3.09.